The van der Waals surface area contributed by atoms with E-state index in [1.165, 1.54) is 0 Å². The van der Waals surface area contributed by atoms with Gasteiger partial charge in [-0.05, 0) is 44.2 Å². The quantitative estimate of drug-likeness (QED) is 0.249. The fourth-order valence-corrected chi connectivity index (χ4v) is 6.23. The van der Waals surface area contributed by atoms with Gasteiger partial charge in [0.2, 0.25) is 11.8 Å². The van der Waals surface area contributed by atoms with Gasteiger partial charge in [-0.15, -0.1) is 0 Å². The van der Waals surface area contributed by atoms with Gasteiger partial charge in [0.05, 0.1) is 24.3 Å². The van der Waals surface area contributed by atoms with Gasteiger partial charge >= 0.3 is 0 Å². The van der Waals surface area contributed by atoms with Crippen LogP contribution in [0.25, 0.3) is 22.2 Å². The number of aromatic nitrogens is 7. The average Bonchev–Trinajstić information content (AvgIpc) is 3.85. The number of rotatable bonds is 6. The lowest BCUT2D eigenvalue weighted by molar-refractivity contribution is -0.129. The Bertz CT molecular complexity index is 1930. The number of H-pyrrole nitrogens is 1. The second-order valence-electron chi connectivity index (χ2n) is 12.9. The number of benzene rings is 1. The molecule has 2 atom stereocenters. The molecule has 0 bridgehead atoms. The summed E-state index contributed by atoms with van der Waals surface area (Å²) in [6.45, 7) is 8.79. The first kappa shape index (κ1) is 32.7. The van der Waals surface area contributed by atoms with E-state index in [1.807, 2.05) is 51.4 Å². The molecule has 0 aliphatic carbocycles. The highest BCUT2D eigenvalue weighted by Gasteiger charge is 2.30. The fraction of sp³-hybridized carbons (Fsp3) is 0.441. The number of fused-ring (bicyclic) bond motifs is 2. The van der Waals surface area contributed by atoms with Crippen molar-refractivity contribution in [3.05, 3.63) is 71.3 Å². The molecule has 0 fully saturated rings. The molecule has 1 aromatic carbocycles. The molecule has 0 radical (unpaired) electrons. The number of aromatic amines is 1. The predicted octanol–water partition coefficient (Wildman–Crippen LogP) is 3.63. The zero-order valence-corrected chi connectivity index (χ0v) is 28.0. The Hall–Kier alpha value is -5.27. The maximum absolute atomic E-state index is 14.0. The summed E-state index contributed by atoms with van der Waals surface area (Å²) in [7, 11) is 1.83. The standard InChI is InChI=1S/C34H42N10O4/c1-20(2)15-27-32-37-22(4)40-44(32)14-13-43(34(47)29-17-30(48-41-29)25-19-36-42(5)21(25)3)12-8-11-31(45)38-28(33(46)39-27)16-23-18-35-26-10-7-6-9-24(23)26/h6-7,9-10,17-20,27-28,35H,8,11-16H2,1-5H3,(H,38,45)(H,39,46)/t27-,28+/m0/s1. The number of para-hydroxylation sites is 1. The molecule has 0 saturated carbocycles. The summed E-state index contributed by atoms with van der Waals surface area (Å²) in [5.74, 6) is 0.971. The Morgan fingerprint density at radius 1 is 1.08 bits per heavy atom. The van der Waals surface area contributed by atoms with Crippen molar-refractivity contribution in [2.75, 3.05) is 13.1 Å². The number of nitrogens with zero attached hydrogens (tertiary/aromatic N) is 7. The van der Waals surface area contributed by atoms with Crippen LogP contribution >= 0.6 is 0 Å². The van der Waals surface area contributed by atoms with E-state index >= 15 is 0 Å². The molecule has 252 valence electrons. The molecular formula is C34H42N10O4. The molecule has 0 unspecified atom stereocenters. The summed E-state index contributed by atoms with van der Waals surface area (Å²) in [4.78, 5) is 50.8. The van der Waals surface area contributed by atoms with E-state index in [1.54, 1.807) is 26.5 Å². The number of hydrogen-bond donors (Lipinski definition) is 3. The van der Waals surface area contributed by atoms with Crippen molar-refractivity contribution in [2.24, 2.45) is 13.0 Å². The molecule has 14 heteroatoms. The highest BCUT2D eigenvalue weighted by molar-refractivity contribution is 5.93. The molecule has 4 aromatic heterocycles. The van der Waals surface area contributed by atoms with Gasteiger partial charge in [0.15, 0.2) is 11.5 Å². The van der Waals surface area contributed by atoms with E-state index in [0.717, 1.165) is 27.7 Å². The Morgan fingerprint density at radius 3 is 2.67 bits per heavy atom. The van der Waals surface area contributed by atoms with E-state index in [0.29, 0.717) is 43.2 Å². The van der Waals surface area contributed by atoms with Gasteiger partial charge in [0, 0.05) is 61.8 Å². The van der Waals surface area contributed by atoms with Gasteiger partial charge in [-0.2, -0.15) is 10.2 Å². The summed E-state index contributed by atoms with van der Waals surface area (Å²) >= 11 is 0. The van der Waals surface area contributed by atoms with Gasteiger partial charge in [0.25, 0.3) is 5.91 Å². The minimum Gasteiger partial charge on any atom is -0.361 e. The molecular weight excluding hydrogens is 612 g/mol. The Balaban J connectivity index is 1.29. The molecule has 14 nitrogen and oxygen atoms in total. The normalized spacial score (nSPS) is 18.1. The van der Waals surface area contributed by atoms with Crippen LogP contribution in [0.3, 0.4) is 0 Å². The zero-order valence-electron chi connectivity index (χ0n) is 28.0. The van der Waals surface area contributed by atoms with Crippen LogP contribution in [0.15, 0.2) is 47.2 Å². The van der Waals surface area contributed by atoms with Gasteiger partial charge in [0.1, 0.15) is 17.7 Å². The van der Waals surface area contributed by atoms with Crippen LogP contribution in [-0.4, -0.2) is 76.4 Å². The molecule has 5 aromatic rings. The second kappa shape index (κ2) is 13.8. The van der Waals surface area contributed by atoms with E-state index in [9.17, 15) is 14.4 Å². The summed E-state index contributed by atoms with van der Waals surface area (Å²) in [5.41, 5.74) is 3.69. The summed E-state index contributed by atoms with van der Waals surface area (Å²) in [6.07, 6.45) is 4.98. The van der Waals surface area contributed by atoms with Crippen LogP contribution in [0, 0.1) is 19.8 Å². The molecule has 0 spiro atoms. The SMILES string of the molecule is Cc1nc2n(n1)CCN(C(=O)c1cc(-c3cnn(C)c3C)on1)CCCC(=O)N[C@H](Cc1c[nH]c3ccccc13)C(=O)N[C@H]2CC(C)C. The third-order valence-electron chi connectivity index (χ3n) is 8.82. The molecule has 5 heterocycles. The van der Waals surface area contributed by atoms with Crippen LogP contribution in [0.5, 0.6) is 0 Å². The number of amides is 3. The lowest BCUT2D eigenvalue weighted by Crippen LogP contribution is -2.49. The number of aryl methyl sites for hydroxylation is 2. The van der Waals surface area contributed by atoms with Crippen LogP contribution in [0.1, 0.15) is 72.5 Å². The van der Waals surface area contributed by atoms with Gasteiger partial charge < -0.3 is 25.0 Å². The average molecular weight is 655 g/mol. The fourth-order valence-electron chi connectivity index (χ4n) is 6.23. The smallest absolute Gasteiger partial charge is 0.276 e. The minimum atomic E-state index is -0.825. The van der Waals surface area contributed by atoms with Crippen LogP contribution < -0.4 is 10.6 Å². The Labute approximate surface area is 278 Å². The van der Waals surface area contributed by atoms with Crippen molar-refractivity contribution in [1.82, 2.24) is 50.2 Å². The van der Waals surface area contributed by atoms with Crippen molar-refractivity contribution in [2.45, 2.75) is 72.0 Å². The monoisotopic (exact) mass is 654 g/mol. The Kier molecular flexibility index (Phi) is 9.42. The molecule has 3 amide bonds. The van der Waals surface area contributed by atoms with Gasteiger partial charge in [-0.25, -0.2) is 9.67 Å². The van der Waals surface area contributed by atoms with Crippen molar-refractivity contribution in [3.8, 4) is 11.3 Å². The van der Waals surface area contributed by atoms with Crippen molar-refractivity contribution >= 4 is 28.6 Å². The van der Waals surface area contributed by atoms with Crippen LogP contribution in [-0.2, 0) is 29.6 Å². The molecule has 3 N–H and O–H groups in total. The summed E-state index contributed by atoms with van der Waals surface area (Å²) < 4.78 is 9.06. The third kappa shape index (κ3) is 7.02. The molecule has 48 heavy (non-hydrogen) atoms. The first-order valence-electron chi connectivity index (χ1n) is 16.4. The topological polar surface area (TPSA) is 169 Å². The third-order valence-corrected chi connectivity index (χ3v) is 8.82. The van der Waals surface area contributed by atoms with E-state index in [4.69, 9.17) is 9.51 Å². The first-order valence-corrected chi connectivity index (χ1v) is 16.4. The molecule has 1 aliphatic heterocycles. The summed E-state index contributed by atoms with van der Waals surface area (Å²) in [5, 5.41) is 20.2. The molecule has 0 saturated heterocycles. The Morgan fingerprint density at radius 2 is 1.90 bits per heavy atom. The van der Waals surface area contributed by atoms with Crippen molar-refractivity contribution in [1.29, 1.82) is 0 Å². The van der Waals surface area contributed by atoms with Gasteiger partial charge in [-0.1, -0.05) is 37.2 Å². The maximum Gasteiger partial charge on any atom is 0.276 e. The lowest BCUT2D eigenvalue weighted by atomic mass is 10.0. The van der Waals surface area contributed by atoms with Crippen molar-refractivity contribution < 1.29 is 18.9 Å². The largest absolute Gasteiger partial charge is 0.361 e. The highest BCUT2D eigenvalue weighted by Crippen LogP contribution is 2.25. The zero-order chi connectivity index (χ0) is 33.9. The number of hydrogen-bond acceptors (Lipinski definition) is 8. The van der Waals surface area contributed by atoms with E-state index < -0.39 is 12.1 Å². The second-order valence-corrected chi connectivity index (χ2v) is 12.9. The maximum atomic E-state index is 14.0. The molecule has 6 rings (SSSR count). The van der Waals surface area contributed by atoms with Crippen molar-refractivity contribution in [3.63, 3.8) is 0 Å². The van der Waals surface area contributed by atoms with Crippen LogP contribution in [0.2, 0.25) is 0 Å². The van der Waals surface area contributed by atoms with E-state index in [-0.39, 0.29) is 48.8 Å². The highest BCUT2D eigenvalue weighted by atomic mass is 16.5. The first-order chi connectivity index (χ1) is 23.1. The number of carbonyl (C=O) groups is 3. The number of nitrogens with one attached hydrogen (secondary N) is 3. The van der Waals surface area contributed by atoms with E-state index in [2.05, 4.69) is 44.8 Å². The number of carbonyl (C=O) groups excluding carboxylic acids is 3. The predicted molar refractivity (Wildman–Crippen MR) is 178 cm³/mol. The molecule has 1 aliphatic rings. The van der Waals surface area contributed by atoms with Gasteiger partial charge in [-0.3, -0.25) is 19.1 Å². The van der Waals surface area contributed by atoms with Crippen LogP contribution in [0.4, 0.5) is 0 Å². The minimum absolute atomic E-state index is 0.128. The summed E-state index contributed by atoms with van der Waals surface area (Å²) in [6, 6.07) is 8.21. The lowest BCUT2D eigenvalue weighted by Gasteiger charge is -2.27.